The minimum absolute atomic E-state index is 0.0885. The number of rotatable bonds is 12. The molecule has 0 aromatic heterocycles. The van der Waals surface area contributed by atoms with E-state index >= 15 is 0 Å². The highest BCUT2D eigenvalue weighted by atomic mass is 19.3. The number of alkyl halides is 2. The van der Waals surface area contributed by atoms with Crippen molar-refractivity contribution in [2.75, 3.05) is 39.9 Å². The van der Waals surface area contributed by atoms with Crippen molar-refractivity contribution >= 4 is 18.0 Å². The molecular weight excluding hydrogens is 422 g/mol. The lowest BCUT2D eigenvalue weighted by molar-refractivity contribution is -0.143. The number of hydrogen-bond acceptors (Lipinski definition) is 6. The van der Waals surface area contributed by atoms with E-state index < -0.39 is 6.61 Å². The van der Waals surface area contributed by atoms with E-state index in [1.165, 1.54) is 25.3 Å². The third-order valence-corrected chi connectivity index (χ3v) is 5.38. The van der Waals surface area contributed by atoms with Crippen molar-refractivity contribution < 1.29 is 32.6 Å². The number of amides is 1. The number of ether oxygens (including phenoxy) is 3. The van der Waals surface area contributed by atoms with Gasteiger partial charge in [0.15, 0.2) is 11.5 Å². The van der Waals surface area contributed by atoms with Crippen LogP contribution in [0, 0.1) is 0 Å². The number of benzene rings is 1. The van der Waals surface area contributed by atoms with Crippen molar-refractivity contribution in [1.29, 1.82) is 0 Å². The van der Waals surface area contributed by atoms with Gasteiger partial charge in [0, 0.05) is 30.8 Å². The van der Waals surface area contributed by atoms with Gasteiger partial charge in [0.1, 0.15) is 0 Å². The van der Waals surface area contributed by atoms with Gasteiger partial charge in [0.2, 0.25) is 5.91 Å². The van der Waals surface area contributed by atoms with Gasteiger partial charge in [0.05, 0.1) is 20.1 Å². The maximum Gasteiger partial charge on any atom is 0.387 e. The molecule has 1 saturated heterocycles. The van der Waals surface area contributed by atoms with Gasteiger partial charge in [-0.2, -0.15) is 8.78 Å². The van der Waals surface area contributed by atoms with Crippen molar-refractivity contribution in [3.63, 3.8) is 0 Å². The standard InChI is InChI=1S/C23H32F2N2O5/c1-4-26-14-7-9-18(26)16-27(15-13-21(29)31-5-2)20(28)12-11-17-8-6-10-19(30-3)22(17)32-23(24)25/h6,8,10-12,18,23H,4-5,7,9,13-16H2,1-3H3/b12-11+. The van der Waals surface area contributed by atoms with Gasteiger partial charge in [-0.3, -0.25) is 14.5 Å². The molecule has 9 heteroatoms. The zero-order valence-corrected chi connectivity index (χ0v) is 18.9. The quantitative estimate of drug-likeness (QED) is 0.355. The van der Waals surface area contributed by atoms with E-state index in [1.54, 1.807) is 24.0 Å². The van der Waals surface area contributed by atoms with Gasteiger partial charge in [-0.25, -0.2) is 0 Å². The SMILES string of the molecule is CCOC(=O)CCN(CC1CCCN1CC)C(=O)/C=C/c1cccc(OC)c1OC(F)F. The molecule has 1 aliphatic rings. The van der Waals surface area contributed by atoms with Gasteiger partial charge < -0.3 is 19.1 Å². The van der Waals surface area contributed by atoms with E-state index in [4.69, 9.17) is 9.47 Å². The Morgan fingerprint density at radius 1 is 1.31 bits per heavy atom. The Hall–Kier alpha value is -2.68. The van der Waals surface area contributed by atoms with Gasteiger partial charge in [-0.1, -0.05) is 19.1 Å². The van der Waals surface area contributed by atoms with Gasteiger partial charge in [-0.15, -0.1) is 0 Å². The molecule has 0 spiro atoms. The lowest BCUT2D eigenvalue weighted by Gasteiger charge is -2.29. The second kappa shape index (κ2) is 13.0. The van der Waals surface area contributed by atoms with Gasteiger partial charge in [0.25, 0.3) is 0 Å². The summed E-state index contributed by atoms with van der Waals surface area (Å²) >= 11 is 0. The van der Waals surface area contributed by atoms with Gasteiger partial charge in [-0.05, 0) is 45.0 Å². The third-order valence-electron chi connectivity index (χ3n) is 5.38. The van der Waals surface area contributed by atoms with E-state index in [0.29, 0.717) is 12.1 Å². The Kier molecular flexibility index (Phi) is 10.4. The second-order valence-corrected chi connectivity index (χ2v) is 7.35. The highest BCUT2D eigenvalue weighted by Crippen LogP contribution is 2.33. The van der Waals surface area contributed by atoms with Crippen LogP contribution in [0.15, 0.2) is 24.3 Å². The molecule has 0 saturated carbocycles. The molecule has 1 amide bonds. The smallest absolute Gasteiger partial charge is 0.387 e. The molecular formula is C23H32F2N2O5. The molecule has 1 fully saturated rings. The van der Waals surface area contributed by atoms with Crippen LogP contribution in [0.2, 0.25) is 0 Å². The van der Waals surface area contributed by atoms with Crippen LogP contribution < -0.4 is 9.47 Å². The summed E-state index contributed by atoms with van der Waals surface area (Å²) in [5.74, 6) is -0.680. The lowest BCUT2D eigenvalue weighted by Crippen LogP contribution is -2.43. The minimum Gasteiger partial charge on any atom is -0.493 e. The Bertz CT molecular complexity index is 788. The maximum absolute atomic E-state index is 13.0. The number of nitrogens with zero attached hydrogens (tertiary/aromatic N) is 2. The van der Waals surface area contributed by atoms with Crippen molar-refractivity contribution in [2.45, 2.75) is 45.8 Å². The number of carbonyl (C=O) groups excluding carboxylic acids is 2. The Labute approximate surface area is 187 Å². The number of likely N-dealkylation sites (tertiary alicyclic amines) is 1. The van der Waals surface area contributed by atoms with Crippen LogP contribution in [0.25, 0.3) is 6.08 Å². The van der Waals surface area contributed by atoms with Crippen LogP contribution >= 0.6 is 0 Å². The van der Waals surface area contributed by atoms with Crippen molar-refractivity contribution in [1.82, 2.24) is 9.80 Å². The van der Waals surface area contributed by atoms with Crippen molar-refractivity contribution in [3.8, 4) is 11.5 Å². The first-order valence-electron chi connectivity index (χ1n) is 10.9. The number of carbonyl (C=O) groups is 2. The summed E-state index contributed by atoms with van der Waals surface area (Å²) in [5.41, 5.74) is 0.291. The zero-order chi connectivity index (χ0) is 23.5. The molecule has 32 heavy (non-hydrogen) atoms. The molecule has 178 valence electrons. The lowest BCUT2D eigenvalue weighted by atomic mass is 10.1. The molecule has 0 aliphatic carbocycles. The monoisotopic (exact) mass is 454 g/mol. The number of hydrogen-bond donors (Lipinski definition) is 0. The molecule has 1 atom stereocenters. The van der Waals surface area contributed by atoms with Crippen LogP contribution in [0.5, 0.6) is 11.5 Å². The Balaban J connectivity index is 2.19. The van der Waals surface area contributed by atoms with Crippen LogP contribution in [0.4, 0.5) is 8.78 Å². The normalized spacial score (nSPS) is 16.5. The fraction of sp³-hybridized carbons (Fsp3) is 0.565. The van der Waals surface area contributed by atoms with Crippen LogP contribution in [0.1, 0.15) is 38.7 Å². The first kappa shape index (κ1) is 25.6. The summed E-state index contributed by atoms with van der Waals surface area (Å²) in [6, 6.07) is 4.90. The molecule has 7 nitrogen and oxygen atoms in total. The summed E-state index contributed by atoms with van der Waals surface area (Å²) in [7, 11) is 1.35. The Morgan fingerprint density at radius 2 is 2.09 bits per heavy atom. The summed E-state index contributed by atoms with van der Waals surface area (Å²) < 4.78 is 40.4. The number of para-hydroxylation sites is 1. The minimum atomic E-state index is -3.03. The van der Waals surface area contributed by atoms with Crippen LogP contribution in [-0.2, 0) is 14.3 Å². The van der Waals surface area contributed by atoms with Crippen molar-refractivity contribution in [2.24, 2.45) is 0 Å². The van der Waals surface area contributed by atoms with E-state index in [2.05, 4.69) is 16.6 Å². The van der Waals surface area contributed by atoms with E-state index in [9.17, 15) is 18.4 Å². The molecule has 0 radical (unpaired) electrons. The summed E-state index contributed by atoms with van der Waals surface area (Å²) in [5, 5.41) is 0. The fourth-order valence-corrected chi connectivity index (χ4v) is 3.83. The highest BCUT2D eigenvalue weighted by Gasteiger charge is 2.27. The maximum atomic E-state index is 13.0. The molecule has 1 aromatic carbocycles. The number of methoxy groups -OCH3 is 1. The molecule has 0 N–H and O–H groups in total. The number of esters is 1. The highest BCUT2D eigenvalue weighted by molar-refractivity contribution is 5.92. The van der Waals surface area contributed by atoms with Gasteiger partial charge >= 0.3 is 12.6 Å². The summed E-state index contributed by atoms with van der Waals surface area (Å²) in [6.07, 6.45) is 4.86. The molecule has 2 rings (SSSR count). The van der Waals surface area contributed by atoms with E-state index in [0.717, 1.165) is 25.9 Å². The molecule has 1 unspecified atom stereocenters. The first-order valence-corrected chi connectivity index (χ1v) is 10.9. The average molecular weight is 455 g/mol. The van der Waals surface area contributed by atoms with E-state index in [-0.39, 0.29) is 49.0 Å². The molecule has 1 heterocycles. The number of likely N-dealkylation sites (N-methyl/N-ethyl adjacent to an activating group) is 1. The van der Waals surface area contributed by atoms with Crippen molar-refractivity contribution in [3.05, 3.63) is 29.8 Å². The van der Waals surface area contributed by atoms with Crippen LogP contribution in [-0.4, -0.2) is 74.2 Å². The predicted molar refractivity (Wildman–Crippen MR) is 117 cm³/mol. The topological polar surface area (TPSA) is 68.3 Å². The fourth-order valence-electron chi connectivity index (χ4n) is 3.83. The molecule has 1 aliphatic heterocycles. The van der Waals surface area contributed by atoms with Crippen LogP contribution in [0.3, 0.4) is 0 Å². The average Bonchev–Trinajstić information content (AvgIpc) is 3.22. The molecule has 0 bridgehead atoms. The molecule has 1 aromatic rings. The predicted octanol–water partition coefficient (Wildman–Crippen LogP) is 3.58. The second-order valence-electron chi connectivity index (χ2n) is 7.35. The number of halogens is 2. The first-order chi connectivity index (χ1) is 15.4. The Morgan fingerprint density at radius 3 is 2.75 bits per heavy atom. The largest absolute Gasteiger partial charge is 0.493 e. The summed E-state index contributed by atoms with van der Waals surface area (Å²) in [4.78, 5) is 28.8. The third kappa shape index (κ3) is 7.47. The zero-order valence-electron chi connectivity index (χ0n) is 18.9. The van der Waals surface area contributed by atoms with E-state index in [1.807, 2.05) is 0 Å². The summed E-state index contributed by atoms with van der Waals surface area (Å²) in [6.45, 7) is 3.63.